The quantitative estimate of drug-likeness (QED) is 0.852. The molecule has 0 spiro atoms. The normalized spacial score (nSPS) is 10.4. The highest BCUT2D eigenvalue weighted by molar-refractivity contribution is 6.04. The summed E-state index contributed by atoms with van der Waals surface area (Å²) in [5, 5.41) is 0. The van der Waals surface area contributed by atoms with Crippen molar-refractivity contribution in [3.63, 3.8) is 0 Å². The zero-order valence-electron chi connectivity index (χ0n) is 11.6. The van der Waals surface area contributed by atoms with Crippen molar-refractivity contribution in [1.82, 2.24) is 9.97 Å². The molecule has 0 aliphatic carbocycles. The maximum Gasteiger partial charge on any atom is 0.355 e. The fourth-order valence-electron chi connectivity index (χ4n) is 1.87. The van der Waals surface area contributed by atoms with Crippen LogP contribution in [-0.2, 0) is 9.47 Å². The number of H-pyrrole nitrogens is 1. The van der Waals surface area contributed by atoms with Crippen molar-refractivity contribution >= 4 is 23.0 Å². The Kier molecular flexibility index (Phi) is 4.32. The minimum absolute atomic E-state index is 0.0635. The van der Waals surface area contributed by atoms with Crippen LogP contribution < -0.4 is 5.43 Å². The number of esters is 2. The molecule has 21 heavy (non-hydrogen) atoms. The molecule has 2 aromatic heterocycles. The lowest BCUT2D eigenvalue weighted by Crippen LogP contribution is -2.25. The molecule has 2 rings (SSSR count). The lowest BCUT2D eigenvalue weighted by atomic mass is 10.1. The van der Waals surface area contributed by atoms with E-state index in [0.717, 1.165) is 0 Å². The van der Waals surface area contributed by atoms with Crippen LogP contribution in [0.15, 0.2) is 23.1 Å². The number of rotatable bonds is 4. The minimum Gasteiger partial charge on any atom is -0.462 e. The number of nitrogens with one attached hydrogen (secondary N) is 1. The third-order valence-electron chi connectivity index (χ3n) is 2.72. The van der Waals surface area contributed by atoms with E-state index >= 15 is 0 Å². The fourth-order valence-corrected chi connectivity index (χ4v) is 1.87. The molecule has 7 nitrogen and oxygen atoms in total. The largest absolute Gasteiger partial charge is 0.462 e. The van der Waals surface area contributed by atoms with Crippen LogP contribution in [0.2, 0.25) is 0 Å². The molecule has 0 fully saturated rings. The number of aromatic nitrogens is 2. The van der Waals surface area contributed by atoms with Gasteiger partial charge in [0.25, 0.3) is 0 Å². The van der Waals surface area contributed by atoms with E-state index in [9.17, 15) is 14.4 Å². The molecule has 0 bridgehead atoms. The number of hydrogen-bond acceptors (Lipinski definition) is 6. The average molecular weight is 290 g/mol. The molecule has 2 aromatic rings. The van der Waals surface area contributed by atoms with Crippen molar-refractivity contribution in [2.24, 2.45) is 0 Å². The number of nitrogens with zero attached hydrogens (tertiary/aromatic N) is 1. The first-order chi connectivity index (χ1) is 10.1. The predicted molar refractivity (Wildman–Crippen MR) is 74.3 cm³/mol. The van der Waals surface area contributed by atoms with Gasteiger partial charge in [0.2, 0.25) is 5.43 Å². The number of carbonyl (C=O) groups excluding carboxylic acids is 2. The summed E-state index contributed by atoms with van der Waals surface area (Å²) < 4.78 is 9.70. The van der Waals surface area contributed by atoms with Crippen LogP contribution in [0, 0.1) is 0 Å². The van der Waals surface area contributed by atoms with Gasteiger partial charge < -0.3 is 14.5 Å². The first-order valence-corrected chi connectivity index (χ1v) is 6.45. The van der Waals surface area contributed by atoms with Crippen molar-refractivity contribution in [2.75, 3.05) is 13.2 Å². The summed E-state index contributed by atoms with van der Waals surface area (Å²) in [4.78, 5) is 42.9. The smallest absolute Gasteiger partial charge is 0.355 e. The van der Waals surface area contributed by atoms with Crippen LogP contribution in [0.25, 0.3) is 11.0 Å². The van der Waals surface area contributed by atoms with E-state index in [-0.39, 0.29) is 30.0 Å². The highest BCUT2D eigenvalue weighted by Crippen LogP contribution is 2.12. The van der Waals surface area contributed by atoms with Crippen molar-refractivity contribution in [1.29, 1.82) is 0 Å². The van der Waals surface area contributed by atoms with Gasteiger partial charge in [-0.3, -0.25) is 9.78 Å². The van der Waals surface area contributed by atoms with Gasteiger partial charge in [-0.1, -0.05) is 0 Å². The van der Waals surface area contributed by atoms with Gasteiger partial charge in [0, 0.05) is 6.20 Å². The van der Waals surface area contributed by atoms with Crippen molar-refractivity contribution in [2.45, 2.75) is 13.8 Å². The fraction of sp³-hybridized carbons (Fsp3) is 0.286. The Morgan fingerprint density at radius 1 is 1.19 bits per heavy atom. The van der Waals surface area contributed by atoms with E-state index < -0.39 is 17.4 Å². The molecule has 0 atom stereocenters. The number of ether oxygens (including phenoxy) is 2. The molecule has 2 heterocycles. The summed E-state index contributed by atoms with van der Waals surface area (Å²) in [6, 6.07) is 3.19. The van der Waals surface area contributed by atoms with Crippen molar-refractivity contribution in [3.8, 4) is 0 Å². The van der Waals surface area contributed by atoms with Crippen LogP contribution >= 0.6 is 0 Å². The first-order valence-electron chi connectivity index (χ1n) is 6.45. The second-order valence-corrected chi connectivity index (χ2v) is 4.04. The van der Waals surface area contributed by atoms with Gasteiger partial charge in [0.05, 0.1) is 18.7 Å². The van der Waals surface area contributed by atoms with Crippen LogP contribution in [0.5, 0.6) is 0 Å². The molecule has 0 radical (unpaired) electrons. The van der Waals surface area contributed by atoms with E-state index in [2.05, 4.69) is 9.97 Å². The third-order valence-corrected chi connectivity index (χ3v) is 2.72. The maximum absolute atomic E-state index is 12.4. The van der Waals surface area contributed by atoms with Crippen LogP contribution in [0.3, 0.4) is 0 Å². The summed E-state index contributed by atoms with van der Waals surface area (Å²) in [7, 11) is 0. The van der Waals surface area contributed by atoms with Gasteiger partial charge >= 0.3 is 11.9 Å². The summed E-state index contributed by atoms with van der Waals surface area (Å²) in [5.74, 6) is -1.67. The van der Waals surface area contributed by atoms with Gasteiger partial charge in [-0.15, -0.1) is 0 Å². The highest BCUT2D eigenvalue weighted by atomic mass is 16.5. The molecule has 0 unspecified atom stereocenters. The molecule has 0 saturated carbocycles. The van der Waals surface area contributed by atoms with Gasteiger partial charge in [-0.2, -0.15) is 0 Å². The lowest BCUT2D eigenvalue weighted by Gasteiger charge is -2.09. The summed E-state index contributed by atoms with van der Waals surface area (Å²) in [6.45, 7) is 3.44. The Morgan fingerprint density at radius 3 is 2.52 bits per heavy atom. The van der Waals surface area contributed by atoms with Gasteiger partial charge in [-0.25, -0.2) is 9.59 Å². The SMILES string of the molecule is CCOC(=O)c1[nH]c2cccnc2c(=O)c1C(=O)OCC. The topological polar surface area (TPSA) is 98.4 Å². The number of pyridine rings is 2. The summed E-state index contributed by atoms with van der Waals surface area (Å²) in [5.41, 5.74) is -0.861. The van der Waals surface area contributed by atoms with E-state index in [4.69, 9.17) is 9.47 Å². The predicted octanol–water partition coefficient (Wildman–Crippen LogP) is 1.28. The Balaban J connectivity index is 2.74. The molecular weight excluding hydrogens is 276 g/mol. The van der Waals surface area contributed by atoms with Gasteiger partial charge in [0.1, 0.15) is 16.8 Å². The Morgan fingerprint density at radius 2 is 1.86 bits per heavy atom. The standard InChI is InChI=1S/C14H14N2O5/c1-3-20-13(18)9-11(14(19)21-4-2)16-8-6-5-7-15-10(8)12(9)17/h5-7H,3-4H2,1-2H3,(H,16,17). The summed E-state index contributed by atoms with van der Waals surface area (Å²) in [6.07, 6.45) is 1.43. The number of aromatic amines is 1. The molecule has 0 aromatic carbocycles. The Bertz CT molecular complexity index is 751. The van der Waals surface area contributed by atoms with Crippen molar-refractivity contribution < 1.29 is 19.1 Å². The number of hydrogen-bond donors (Lipinski definition) is 1. The van der Waals surface area contributed by atoms with Gasteiger partial charge in [-0.05, 0) is 26.0 Å². The second kappa shape index (κ2) is 6.17. The van der Waals surface area contributed by atoms with E-state index in [1.165, 1.54) is 6.20 Å². The zero-order valence-corrected chi connectivity index (χ0v) is 11.6. The van der Waals surface area contributed by atoms with E-state index in [1.54, 1.807) is 26.0 Å². The second-order valence-electron chi connectivity index (χ2n) is 4.04. The molecule has 0 aliphatic heterocycles. The van der Waals surface area contributed by atoms with Crippen LogP contribution in [0.4, 0.5) is 0 Å². The van der Waals surface area contributed by atoms with Gasteiger partial charge in [0.15, 0.2) is 0 Å². The molecule has 0 amide bonds. The number of fused-ring (bicyclic) bond motifs is 1. The third kappa shape index (κ3) is 2.76. The molecule has 110 valence electrons. The van der Waals surface area contributed by atoms with E-state index in [0.29, 0.717) is 5.52 Å². The molecule has 1 N–H and O–H groups in total. The van der Waals surface area contributed by atoms with E-state index in [1.807, 2.05) is 0 Å². The first kappa shape index (κ1) is 14.7. The molecular formula is C14H14N2O5. The molecule has 0 saturated heterocycles. The summed E-state index contributed by atoms with van der Waals surface area (Å²) >= 11 is 0. The Hall–Kier alpha value is -2.70. The zero-order chi connectivity index (χ0) is 15.4. The molecule has 0 aliphatic rings. The maximum atomic E-state index is 12.4. The Labute approximate surface area is 119 Å². The molecule has 7 heteroatoms. The highest BCUT2D eigenvalue weighted by Gasteiger charge is 2.25. The average Bonchev–Trinajstić information content (AvgIpc) is 2.47. The minimum atomic E-state index is -0.880. The lowest BCUT2D eigenvalue weighted by molar-refractivity contribution is 0.0472. The van der Waals surface area contributed by atoms with Crippen LogP contribution in [-0.4, -0.2) is 35.1 Å². The monoisotopic (exact) mass is 290 g/mol. The van der Waals surface area contributed by atoms with Crippen molar-refractivity contribution in [3.05, 3.63) is 39.8 Å². The van der Waals surface area contributed by atoms with Crippen LogP contribution in [0.1, 0.15) is 34.7 Å². The number of carbonyl (C=O) groups is 2.